The summed E-state index contributed by atoms with van der Waals surface area (Å²) in [7, 11) is 0. The Bertz CT molecular complexity index is 858. The molecule has 1 saturated heterocycles. The lowest BCUT2D eigenvalue weighted by molar-refractivity contribution is -0.132. The number of carbonyl (C=O) groups is 2. The summed E-state index contributed by atoms with van der Waals surface area (Å²) in [6.45, 7) is 4.05. The molecule has 1 aliphatic heterocycles. The molecule has 0 unspecified atom stereocenters. The molecule has 5 heteroatoms. The van der Waals surface area contributed by atoms with E-state index >= 15 is 0 Å². The zero-order valence-electron chi connectivity index (χ0n) is 17.0. The normalized spacial score (nSPS) is 17.0. The number of nitrogens with zero attached hydrogens (tertiary/aromatic N) is 3. The van der Waals surface area contributed by atoms with E-state index in [0.29, 0.717) is 12.8 Å². The van der Waals surface area contributed by atoms with Crippen molar-refractivity contribution >= 4 is 11.7 Å². The standard InChI is InChI=1S/C24H29N3O2/c28-23(22-8-7-20-5-1-2-6-21(20)16-22)9-10-24(29)27-14-12-26(13-15-27)18-19-4-3-11-25-17-19/h3-4,7-8,11,16-17H,1-2,5-6,9-10,12-15,18H2. The maximum atomic E-state index is 12.6. The second kappa shape index (κ2) is 9.31. The van der Waals surface area contributed by atoms with Crippen LogP contribution in [0.25, 0.3) is 0 Å². The van der Waals surface area contributed by atoms with Crippen LogP contribution >= 0.6 is 0 Å². The zero-order valence-corrected chi connectivity index (χ0v) is 17.0. The summed E-state index contributed by atoms with van der Waals surface area (Å²) in [5.41, 5.74) is 4.66. The molecular weight excluding hydrogens is 362 g/mol. The number of hydrogen-bond donors (Lipinski definition) is 0. The summed E-state index contributed by atoms with van der Waals surface area (Å²) in [4.78, 5) is 33.6. The van der Waals surface area contributed by atoms with Crippen LogP contribution in [-0.2, 0) is 24.2 Å². The van der Waals surface area contributed by atoms with Crippen LogP contribution in [0.5, 0.6) is 0 Å². The fourth-order valence-electron chi connectivity index (χ4n) is 4.34. The molecule has 1 aliphatic carbocycles. The first kappa shape index (κ1) is 19.8. The predicted octanol–water partition coefficient (Wildman–Crippen LogP) is 3.27. The lowest BCUT2D eigenvalue weighted by atomic mass is 9.89. The van der Waals surface area contributed by atoms with Gasteiger partial charge in [-0.1, -0.05) is 18.2 Å². The van der Waals surface area contributed by atoms with Gasteiger partial charge in [0.1, 0.15) is 0 Å². The van der Waals surface area contributed by atoms with Gasteiger partial charge in [0, 0.05) is 63.5 Å². The van der Waals surface area contributed by atoms with Gasteiger partial charge >= 0.3 is 0 Å². The highest BCUT2D eigenvalue weighted by molar-refractivity contribution is 5.98. The highest BCUT2D eigenvalue weighted by atomic mass is 16.2. The quantitative estimate of drug-likeness (QED) is 0.709. The molecule has 0 bridgehead atoms. The molecule has 1 aromatic heterocycles. The van der Waals surface area contributed by atoms with Crippen LogP contribution in [0.3, 0.4) is 0 Å². The first-order valence-electron chi connectivity index (χ1n) is 10.7. The van der Waals surface area contributed by atoms with Gasteiger partial charge in [0.15, 0.2) is 5.78 Å². The van der Waals surface area contributed by atoms with Crippen molar-refractivity contribution in [1.82, 2.24) is 14.8 Å². The number of pyridine rings is 1. The van der Waals surface area contributed by atoms with Crippen molar-refractivity contribution in [3.63, 3.8) is 0 Å². The van der Waals surface area contributed by atoms with Gasteiger partial charge in [-0.15, -0.1) is 0 Å². The van der Waals surface area contributed by atoms with Gasteiger partial charge in [0.25, 0.3) is 0 Å². The first-order chi connectivity index (χ1) is 14.2. The van der Waals surface area contributed by atoms with Crippen molar-refractivity contribution in [1.29, 1.82) is 0 Å². The minimum Gasteiger partial charge on any atom is -0.340 e. The Balaban J connectivity index is 1.23. The van der Waals surface area contributed by atoms with Crippen molar-refractivity contribution in [2.24, 2.45) is 0 Å². The molecule has 2 aliphatic rings. The topological polar surface area (TPSA) is 53.5 Å². The number of fused-ring (bicyclic) bond motifs is 1. The molecule has 1 amide bonds. The van der Waals surface area contributed by atoms with Crippen molar-refractivity contribution in [2.45, 2.75) is 45.1 Å². The van der Waals surface area contributed by atoms with Crippen LogP contribution in [0.4, 0.5) is 0 Å². The molecule has 5 nitrogen and oxygen atoms in total. The molecule has 2 heterocycles. The lowest BCUT2D eigenvalue weighted by Crippen LogP contribution is -2.48. The molecule has 0 atom stereocenters. The number of Topliss-reactive ketones (excluding diaryl/α,β-unsaturated/α-hetero) is 1. The minimum absolute atomic E-state index is 0.0851. The summed E-state index contributed by atoms with van der Waals surface area (Å²) in [5, 5.41) is 0. The van der Waals surface area contributed by atoms with Crippen molar-refractivity contribution in [3.8, 4) is 0 Å². The summed E-state index contributed by atoms with van der Waals surface area (Å²) >= 11 is 0. The lowest BCUT2D eigenvalue weighted by Gasteiger charge is -2.34. The average molecular weight is 392 g/mol. The fourth-order valence-corrected chi connectivity index (χ4v) is 4.34. The Morgan fingerprint density at radius 2 is 1.72 bits per heavy atom. The van der Waals surface area contributed by atoms with Crippen LogP contribution in [0.1, 0.15) is 52.7 Å². The molecule has 2 aromatic rings. The summed E-state index contributed by atoms with van der Waals surface area (Å²) in [6.07, 6.45) is 8.91. The van der Waals surface area contributed by atoms with E-state index in [1.54, 1.807) is 6.20 Å². The smallest absolute Gasteiger partial charge is 0.223 e. The third-order valence-electron chi connectivity index (χ3n) is 6.09. The highest BCUT2D eigenvalue weighted by Crippen LogP contribution is 2.23. The molecule has 4 rings (SSSR count). The maximum absolute atomic E-state index is 12.6. The molecule has 1 fully saturated rings. The fraction of sp³-hybridized carbons (Fsp3) is 0.458. The van der Waals surface area contributed by atoms with Crippen LogP contribution < -0.4 is 0 Å². The summed E-state index contributed by atoms with van der Waals surface area (Å²) in [5.74, 6) is 0.180. The molecule has 0 radical (unpaired) electrons. The molecular formula is C24H29N3O2. The van der Waals surface area contributed by atoms with E-state index in [2.05, 4.69) is 28.1 Å². The van der Waals surface area contributed by atoms with Crippen LogP contribution in [-0.4, -0.2) is 52.7 Å². The monoisotopic (exact) mass is 391 g/mol. The van der Waals surface area contributed by atoms with Gasteiger partial charge in [-0.05, 0) is 54.5 Å². The van der Waals surface area contributed by atoms with E-state index in [-0.39, 0.29) is 11.7 Å². The molecule has 29 heavy (non-hydrogen) atoms. The van der Waals surface area contributed by atoms with Crippen LogP contribution in [0.15, 0.2) is 42.7 Å². The summed E-state index contributed by atoms with van der Waals surface area (Å²) < 4.78 is 0. The van der Waals surface area contributed by atoms with Crippen molar-refractivity contribution < 1.29 is 9.59 Å². The van der Waals surface area contributed by atoms with Gasteiger partial charge in [-0.25, -0.2) is 0 Å². The molecule has 0 saturated carbocycles. The SMILES string of the molecule is O=C(CCC(=O)N1CCN(Cc2cccnc2)CC1)c1ccc2c(c1)CCCC2. The number of hydrogen-bond acceptors (Lipinski definition) is 4. The number of rotatable bonds is 6. The Labute approximate surface area is 172 Å². The number of piperazine rings is 1. The first-order valence-corrected chi connectivity index (χ1v) is 10.7. The van der Waals surface area contributed by atoms with E-state index in [1.807, 2.05) is 23.2 Å². The largest absolute Gasteiger partial charge is 0.340 e. The molecule has 152 valence electrons. The second-order valence-electron chi connectivity index (χ2n) is 8.13. The van der Waals surface area contributed by atoms with Gasteiger partial charge in [0.05, 0.1) is 0 Å². The third kappa shape index (κ3) is 5.10. The van der Waals surface area contributed by atoms with E-state index in [0.717, 1.165) is 51.1 Å². The number of aryl methyl sites for hydroxylation is 2. The molecule has 0 spiro atoms. The van der Waals surface area contributed by atoms with Gasteiger partial charge in [-0.3, -0.25) is 19.5 Å². The predicted molar refractivity (Wildman–Crippen MR) is 113 cm³/mol. The van der Waals surface area contributed by atoms with Gasteiger partial charge in [0.2, 0.25) is 5.91 Å². The number of ketones is 1. The Morgan fingerprint density at radius 1 is 0.931 bits per heavy atom. The number of amides is 1. The van der Waals surface area contributed by atoms with Crippen LogP contribution in [0, 0.1) is 0 Å². The van der Waals surface area contributed by atoms with E-state index in [1.165, 1.54) is 29.5 Å². The number of benzene rings is 1. The van der Waals surface area contributed by atoms with E-state index in [9.17, 15) is 9.59 Å². The Morgan fingerprint density at radius 3 is 2.48 bits per heavy atom. The zero-order chi connectivity index (χ0) is 20.1. The van der Waals surface area contributed by atoms with Crippen molar-refractivity contribution in [3.05, 3.63) is 65.0 Å². The van der Waals surface area contributed by atoms with Crippen LogP contribution in [0.2, 0.25) is 0 Å². The maximum Gasteiger partial charge on any atom is 0.223 e. The Kier molecular flexibility index (Phi) is 6.35. The van der Waals surface area contributed by atoms with Gasteiger partial charge in [-0.2, -0.15) is 0 Å². The minimum atomic E-state index is 0.0851. The molecule has 1 aromatic carbocycles. The number of carbonyl (C=O) groups excluding carboxylic acids is 2. The second-order valence-corrected chi connectivity index (χ2v) is 8.13. The highest BCUT2D eigenvalue weighted by Gasteiger charge is 2.22. The molecule has 0 N–H and O–H groups in total. The third-order valence-corrected chi connectivity index (χ3v) is 6.09. The number of aromatic nitrogens is 1. The van der Waals surface area contributed by atoms with Gasteiger partial charge < -0.3 is 4.90 Å². The average Bonchev–Trinajstić information content (AvgIpc) is 2.78. The van der Waals surface area contributed by atoms with Crippen molar-refractivity contribution in [2.75, 3.05) is 26.2 Å². The summed E-state index contributed by atoms with van der Waals surface area (Å²) in [6, 6.07) is 10.1. The Hall–Kier alpha value is -2.53. The van der Waals surface area contributed by atoms with E-state index in [4.69, 9.17) is 0 Å². The van der Waals surface area contributed by atoms with E-state index < -0.39 is 0 Å².